The van der Waals surface area contributed by atoms with Gasteiger partial charge in [-0.3, -0.25) is 4.79 Å². The first-order valence-electron chi connectivity index (χ1n) is 9.18. The first-order chi connectivity index (χ1) is 14.9. The average molecular weight is 436 g/mol. The zero-order chi connectivity index (χ0) is 22.3. The lowest BCUT2D eigenvalue weighted by molar-refractivity contribution is 0.102. The Morgan fingerprint density at radius 1 is 0.968 bits per heavy atom. The van der Waals surface area contributed by atoms with Crippen molar-refractivity contribution in [1.29, 1.82) is 0 Å². The molecule has 0 heterocycles. The summed E-state index contributed by atoms with van der Waals surface area (Å²) < 4.78 is 37.4. The van der Waals surface area contributed by atoms with Crippen LogP contribution in [0.5, 0.6) is 17.2 Å². The van der Waals surface area contributed by atoms with Crippen LogP contribution in [0.15, 0.2) is 77.7 Å². The number of hydrogen-bond acceptors (Lipinski definition) is 5. The molecule has 158 valence electrons. The van der Waals surface area contributed by atoms with E-state index in [0.29, 0.717) is 28.5 Å². The second-order valence-corrected chi connectivity index (χ2v) is 8.05. The number of methoxy groups -OCH3 is 1. The summed E-state index contributed by atoms with van der Waals surface area (Å²) in [4.78, 5) is 12.5. The van der Waals surface area contributed by atoms with Gasteiger partial charge in [-0.15, -0.1) is 6.42 Å². The standard InChI is InChI=1S/C23H20N2O5S/c1-3-16-24-31(27,28)20-14-8-17(9-15-20)23(26)25-18-10-12-19(13-11-18)30-22-7-5-4-6-21(22)29-2/h1,4-15,24H,16H2,2H3,(H,25,26). The molecule has 0 aliphatic carbocycles. The maximum absolute atomic E-state index is 12.5. The van der Waals surface area contributed by atoms with Crippen LogP contribution in [0.1, 0.15) is 10.4 Å². The van der Waals surface area contributed by atoms with Gasteiger partial charge in [0.1, 0.15) is 5.75 Å². The summed E-state index contributed by atoms with van der Waals surface area (Å²) in [6.07, 6.45) is 5.07. The maximum Gasteiger partial charge on any atom is 0.255 e. The minimum absolute atomic E-state index is 0.0251. The molecule has 0 radical (unpaired) electrons. The molecule has 31 heavy (non-hydrogen) atoms. The molecule has 0 saturated carbocycles. The highest BCUT2D eigenvalue weighted by Gasteiger charge is 2.14. The van der Waals surface area contributed by atoms with E-state index in [4.69, 9.17) is 15.9 Å². The quantitative estimate of drug-likeness (QED) is 0.526. The predicted molar refractivity (Wildman–Crippen MR) is 118 cm³/mol. The topological polar surface area (TPSA) is 93.7 Å². The van der Waals surface area contributed by atoms with Gasteiger partial charge in [0.2, 0.25) is 10.0 Å². The third-order valence-electron chi connectivity index (χ3n) is 4.20. The number of carbonyl (C=O) groups is 1. The van der Waals surface area contributed by atoms with Crippen molar-refractivity contribution in [3.8, 4) is 29.6 Å². The molecular weight excluding hydrogens is 416 g/mol. The molecule has 0 bridgehead atoms. The van der Waals surface area contributed by atoms with Crippen LogP contribution >= 0.6 is 0 Å². The number of benzene rings is 3. The molecule has 2 N–H and O–H groups in total. The highest BCUT2D eigenvalue weighted by molar-refractivity contribution is 7.89. The van der Waals surface area contributed by atoms with Gasteiger partial charge < -0.3 is 14.8 Å². The number of rotatable bonds is 8. The zero-order valence-corrected chi connectivity index (χ0v) is 17.5. The molecule has 0 saturated heterocycles. The van der Waals surface area contributed by atoms with E-state index < -0.39 is 10.0 Å². The van der Waals surface area contributed by atoms with E-state index in [2.05, 4.69) is 16.0 Å². The minimum atomic E-state index is -3.71. The molecule has 8 heteroatoms. The summed E-state index contributed by atoms with van der Waals surface area (Å²) in [5.41, 5.74) is 0.870. The molecule has 3 aromatic rings. The second kappa shape index (κ2) is 9.80. The number of nitrogens with one attached hydrogen (secondary N) is 2. The van der Waals surface area contributed by atoms with Gasteiger partial charge in [-0.05, 0) is 60.7 Å². The van der Waals surface area contributed by atoms with Crippen LogP contribution in [-0.4, -0.2) is 28.0 Å². The van der Waals surface area contributed by atoms with Crippen LogP contribution < -0.4 is 19.5 Å². The van der Waals surface area contributed by atoms with E-state index in [1.54, 1.807) is 43.5 Å². The molecule has 7 nitrogen and oxygen atoms in total. The fourth-order valence-electron chi connectivity index (χ4n) is 2.65. The number of ether oxygens (including phenoxy) is 2. The summed E-state index contributed by atoms with van der Waals surface area (Å²) in [6.45, 7) is -0.110. The Labute approximate surface area is 181 Å². The number of para-hydroxylation sites is 2. The Morgan fingerprint density at radius 3 is 2.23 bits per heavy atom. The lowest BCUT2D eigenvalue weighted by Crippen LogP contribution is -2.24. The molecule has 3 rings (SSSR count). The summed E-state index contributed by atoms with van der Waals surface area (Å²) in [7, 11) is -2.14. The minimum Gasteiger partial charge on any atom is -0.493 e. The number of anilines is 1. The molecule has 0 unspecified atom stereocenters. The number of amides is 1. The lowest BCUT2D eigenvalue weighted by atomic mass is 10.2. The average Bonchev–Trinajstić information content (AvgIpc) is 2.79. The molecule has 1 amide bonds. The van der Waals surface area contributed by atoms with Crippen molar-refractivity contribution in [3.05, 3.63) is 78.4 Å². The number of terminal acetylenes is 1. The van der Waals surface area contributed by atoms with Gasteiger partial charge in [0.15, 0.2) is 11.5 Å². The van der Waals surface area contributed by atoms with Crippen LogP contribution in [-0.2, 0) is 10.0 Å². The largest absolute Gasteiger partial charge is 0.493 e. The highest BCUT2D eigenvalue weighted by atomic mass is 32.2. The molecule has 0 spiro atoms. The van der Waals surface area contributed by atoms with Gasteiger partial charge in [0.25, 0.3) is 5.91 Å². The molecule has 0 atom stereocenters. The fraction of sp³-hybridized carbons (Fsp3) is 0.0870. The molecule has 3 aromatic carbocycles. The van der Waals surface area contributed by atoms with Crippen LogP contribution in [0.3, 0.4) is 0 Å². The predicted octanol–water partition coefficient (Wildman–Crippen LogP) is 3.65. The number of hydrogen-bond donors (Lipinski definition) is 2. The van der Waals surface area contributed by atoms with Crippen molar-refractivity contribution in [1.82, 2.24) is 4.72 Å². The highest BCUT2D eigenvalue weighted by Crippen LogP contribution is 2.31. The third-order valence-corrected chi connectivity index (χ3v) is 5.62. The molecule has 0 aromatic heterocycles. The Balaban J connectivity index is 1.65. The molecule has 0 aliphatic rings. The summed E-state index contributed by atoms with van der Waals surface area (Å²) >= 11 is 0. The smallest absolute Gasteiger partial charge is 0.255 e. The van der Waals surface area contributed by atoms with Gasteiger partial charge >= 0.3 is 0 Å². The van der Waals surface area contributed by atoms with Gasteiger partial charge in [0, 0.05) is 11.3 Å². The van der Waals surface area contributed by atoms with Crippen molar-refractivity contribution in [2.75, 3.05) is 19.0 Å². The lowest BCUT2D eigenvalue weighted by Gasteiger charge is -2.11. The van der Waals surface area contributed by atoms with E-state index in [9.17, 15) is 13.2 Å². The van der Waals surface area contributed by atoms with Gasteiger partial charge in [-0.25, -0.2) is 8.42 Å². The Bertz CT molecular complexity index is 1200. The first kappa shape index (κ1) is 21.9. The van der Waals surface area contributed by atoms with Crippen LogP contribution in [0, 0.1) is 12.3 Å². The van der Waals surface area contributed by atoms with Crippen LogP contribution in [0.4, 0.5) is 5.69 Å². The molecule has 0 fully saturated rings. The van der Waals surface area contributed by atoms with Crippen LogP contribution in [0.25, 0.3) is 0 Å². The molecular formula is C23H20N2O5S. The van der Waals surface area contributed by atoms with Crippen LogP contribution in [0.2, 0.25) is 0 Å². The van der Waals surface area contributed by atoms with E-state index in [0.717, 1.165) is 0 Å². The van der Waals surface area contributed by atoms with E-state index in [-0.39, 0.29) is 17.3 Å². The SMILES string of the molecule is C#CCNS(=O)(=O)c1ccc(C(=O)Nc2ccc(Oc3ccccc3OC)cc2)cc1. The Hall–Kier alpha value is -3.80. The molecule has 0 aliphatic heterocycles. The van der Waals surface area contributed by atoms with Crippen molar-refractivity contribution < 1.29 is 22.7 Å². The monoisotopic (exact) mass is 436 g/mol. The van der Waals surface area contributed by atoms with E-state index >= 15 is 0 Å². The van der Waals surface area contributed by atoms with E-state index in [1.165, 1.54) is 24.3 Å². The van der Waals surface area contributed by atoms with Crippen molar-refractivity contribution >= 4 is 21.6 Å². The second-order valence-electron chi connectivity index (χ2n) is 6.28. The van der Waals surface area contributed by atoms with Gasteiger partial charge in [-0.1, -0.05) is 18.1 Å². The van der Waals surface area contributed by atoms with E-state index in [1.807, 2.05) is 12.1 Å². The van der Waals surface area contributed by atoms with Crippen molar-refractivity contribution in [2.24, 2.45) is 0 Å². The number of carbonyl (C=O) groups excluding carboxylic acids is 1. The van der Waals surface area contributed by atoms with Crippen molar-refractivity contribution in [2.45, 2.75) is 4.90 Å². The Kier molecular flexibility index (Phi) is 6.92. The first-order valence-corrected chi connectivity index (χ1v) is 10.7. The summed E-state index contributed by atoms with van der Waals surface area (Å²) in [5.74, 6) is 3.60. The zero-order valence-electron chi connectivity index (χ0n) is 16.7. The van der Waals surface area contributed by atoms with Crippen molar-refractivity contribution in [3.63, 3.8) is 0 Å². The Morgan fingerprint density at radius 2 is 1.61 bits per heavy atom. The maximum atomic E-state index is 12.5. The van der Waals surface area contributed by atoms with Gasteiger partial charge in [0.05, 0.1) is 18.6 Å². The van der Waals surface area contributed by atoms with Gasteiger partial charge in [-0.2, -0.15) is 4.72 Å². The number of sulfonamides is 1. The summed E-state index contributed by atoms with van der Waals surface area (Å²) in [5, 5.41) is 2.75. The summed E-state index contributed by atoms with van der Waals surface area (Å²) in [6, 6.07) is 19.7. The third kappa shape index (κ3) is 5.63. The fourth-order valence-corrected chi connectivity index (χ4v) is 3.58. The normalized spacial score (nSPS) is 10.7.